The molecule has 2 aromatic rings. The molecule has 5 heteroatoms. The highest BCUT2D eigenvalue weighted by atomic mass is 32.2. The number of nitrogens with zero attached hydrogens (tertiary/aromatic N) is 1. The van der Waals surface area contributed by atoms with E-state index < -0.39 is 0 Å². The third-order valence-electron chi connectivity index (χ3n) is 2.65. The van der Waals surface area contributed by atoms with E-state index in [9.17, 15) is 0 Å². The molecule has 0 spiro atoms. The third-order valence-corrected chi connectivity index (χ3v) is 3.62. The van der Waals surface area contributed by atoms with E-state index in [-0.39, 0.29) is 0 Å². The molecule has 0 aliphatic rings. The summed E-state index contributed by atoms with van der Waals surface area (Å²) in [6.07, 6.45) is 2.05. The van der Waals surface area contributed by atoms with Crippen molar-refractivity contribution in [2.75, 3.05) is 11.6 Å². The Morgan fingerprint density at radius 1 is 1.21 bits per heavy atom. The van der Waals surface area contributed by atoms with E-state index in [1.807, 2.05) is 31.2 Å². The lowest BCUT2D eigenvalue weighted by Crippen LogP contribution is -2.13. The average Bonchev–Trinajstić information content (AvgIpc) is 2.39. The van der Waals surface area contributed by atoms with Crippen LogP contribution >= 0.6 is 24.0 Å². The molecule has 3 N–H and O–H groups in total. The van der Waals surface area contributed by atoms with Crippen LogP contribution in [-0.2, 0) is 0 Å². The molecule has 1 aromatic heterocycles. The zero-order valence-electron chi connectivity index (χ0n) is 10.8. The van der Waals surface area contributed by atoms with Crippen molar-refractivity contribution in [2.24, 2.45) is 5.73 Å². The van der Waals surface area contributed by atoms with Gasteiger partial charge in [-0.3, -0.25) is 0 Å². The third kappa shape index (κ3) is 3.45. The Bertz CT molecular complexity index is 594. The lowest BCUT2D eigenvalue weighted by molar-refractivity contribution is 1.19. The summed E-state index contributed by atoms with van der Waals surface area (Å²) in [7, 11) is 0. The van der Waals surface area contributed by atoms with Crippen LogP contribution in [0.25, 0.3) is 0 Å². The average molecular weight is 289 g/mol. The van der Waals surface area contributed by atoms with Gasteiger partial charge in [-0.25, -0.2) is 4.98 Å². The van der Waals surface area contributed by atoms with Gasteiger partial charge in [-0.1, -0.05) is 12.2 Å². The molecule has 0 aliphatic carbocycles. The highest BCUT2D eigenvalue weighted by Gasteiger charge is 2.07. The maximum atomic E-state index is 5.71. The number of aryl methyl sites for hydroxylation is 1. The Balaban J connectivity index is 2.31. The van der Waals surface area contributed by atoms with Crippen LogP contribution < -0.4 is 11.1 Å². The highest BCUT2D eigenvalue weighted by Crippen LogP contribution is 2.22. The van der Waals surface area contributed by atoms with Crippen molar-refractivity contribution < 1.29 is 0 Å². The maximum Gasteiger partial charge on any atom is 0.140 e. The first-order valence-electron chi connectivity index (χ1n) is 5.78. The number of nitrogens with two attached hydrogens (primary N) is 1. The van der Waals surface area contributed by atoms with Crippen LogP contribution in [0.5, 0.6) is 0 Å². The monoisotopic (exact) mass is 289 g/mol. The van der Waals surface area contributed by atoms with Crippen LogP contribution in [0.15, 0.2) is 41.3 Å². The topological polar surface area (TPSA) is 50.9 Å². The second-order valence-corrected chi connectivity index (χ2v) is 5.39. The Morgan fingerprint density at radius 3 is 2.47 bits per heavy atom. The van der Waals surface area contributed by atoms with Crippen LogP contribution in [0.4, 0.5) is 11.5 Å². The minimum absolute atomic E-state index is 0.343. The number of thiocarbonyl (C=S) groups is 1. The van der Waals surface area contributed by atoms with Crippen molar-refractivity contribution >= 4 is 40.5 Å². The van der Waals surface area contributed by atoms with Gasteiger partial charge in [0.25, 0.3) is 0 Å². The van der Waals surface area contributed by atoms with Crippen molar-refractivity contribution in [3.8, 4) is 0 Å². The molecule has 0 bridgehead atoms. The van der Waals surface area contributed by atoms with Crippen LogP contribution in [0, 0.1) is 6.92 Å². The van der Waals surface area contributed by atoms with Crippen molar-refractivity contribution in [2.45, 2.75) is 11.8 Å². The number of aromatic nitrogens is 1. The van der Waals surface area contributed by atoms with Gasteiger partial charge in [0.05, 0.1) is 5.56 Å². The summed E-state index contributed by atoms with van der Waals surface area (Å²) in [6, 6.07) is 11.9. The Labute approximate surface area is 122 Å². The number of thioether (sulfide) groups is 1. The van der Waals surface area contributed by atoms with Crippen molar-refractivity contribution in [1.29, 1.82) is 0 Å². The van der Waals surface area contributed by atoms with Gasteiger partial charge in [0, 0.05) is 16.3 Å². The zero-order chi connectivity index (χ0) is 13.8. The zero-order valence-corrected chi connectivity index (χ0v) is 12.4. The van der Waals surface area contributed by atoms with Gasteiger partial charge < -0.3 is 11.1 Å². The number of nitrogens with one attached hydrogen (secondary N) is 1. The number of hydrogen-bond donors (Lipinski definition) is 2. The molecule has 1 heterocycles. The Kier molecular flexibility index (Phi) is 4.39. The number of pyridine rings is 1. The summed E-state index contributed by atoms with van der Waals surface area (Å²) in [4.78, 5) is 6.01. The smallest absolute Gasteiger partial charge is 0.140 e. The van der Waals surface area contributed by atoms with Crippen LogP contribution in [0.1, 0.15) is 11.3 Å². The van der Waals surface area contributed by atoms with Gasteiger partial charge in [0.1, 0.15) is 10.8 Å². The molecule has 0 atom stereocenters. The first-order chi connectivity index (χ1) is 9.10. The predicted octanol–water partition coefficient (Wildman–Crippen LogP) is 3.49. The van der Waals surface area contributed by atoms with Gasteiger partial charge in [-0.15, -0.1) is 11.8 Å². The SMILES string of the molecule is CSc1ccc(Nc2nc(C)ccc2C(N)=S)cc1. The molecule has 2 rings (SSSR count). The normalized spacial score (nSPS) is 10.2. The largest absolute Gasteiger partial charge is 0.389 e. The van der Waals surface area contributed by atoms with E-state index in [0.717, 1.165) is 16.9 Å². The molecule has 0 unspecified atom stereocenters. The van der Waals surface area contributed by atoms with Gasteiger partial charge in [-0.05, 0) is 49.6 Å². The fraction of sp³-hybridized carbons (Fsp3) is 0.143. The standard InChI is InChI=1S/C14H15N3S2/c1-9-3-8-12(13(15)18)14(16-9)17-10-4-6-11(19-2)7-5-10/h3-8H,1-2H3,(H2,15,18)(H,16,17). The molecular formula is C14H15N3S2. The second kappa shape index (κ2) is 6.04. The van der Waals surface area contributed by atoms with Gasteiger partial charge in [0.15, 0.2) is 0 Å². The number of anilines is 2. The molecule has 0 radical (unpaired) electrons. The minimum atomic E-state index is 0.343. The van der Waals surface area contributed by atoms with Crippen LogP contribution in [0.2, 0.25) is 0 Å². The molecule has 0 fully saturated rings. The Hall–Kier alpha value is -1.59. The maximum absolute atomic E-state index is 5.71. The minimum Gasteiger partial charge on any atom is -0.389 e. The van der Waals surface area contributed by atoms with Crippen LogP contribution in [-0.4, -0.2) is 16.2 Å². The highest BCUT2D eigenvalue weighted by molar-refractivity contribution is 7.98. The van der Waals surface area contributed by atoms with Crippen molar-refractivity contribution in [3.05, 3.63) is 47.7 Å². The fourth-order valence-electron chi connectivity index (χ4n) is 1.66. The molecule has 0 saturated carbocycles. The van der Waals surface area contributed by atoms with Crippen molar-refractivity contribution in [1.82, 2.24) is 4.98 Å². The van der Waals surface area contributed by atoms with E-state index in [2.05, 4.69) is 28.7 Å². The van der Waals surface area contributed by atoms with Gasteiger partial charge >= 0.3 is 0 Å². The van der Waals surface area contributed by atoms with E-state index in [1.54, 1.807) is 11.8 Å². The molecule has 0 amide bonds. The molecule has 19 heavy (non-hydrogen) atoms. The summed E-state index contributed by atoms with van der Waals surface area (Å²) in [5, 5.41) is 3.26. The quantitative estimate of drug-likeness (QED) is 0.666. The molecule has 0 saturated heterocycles. The summed E-state index contributed by atoms with van der Waals surface area (Å²) >= 11 is 6.75. The fourth-order valence-corrected chi connectivity index (χ4v) is 2.23. The molecule has 1 aromatic carbocycles. The van der Waals surface area contributed by atoms with Gasteiger partial charge in [0.2, 0.25) is 0 Å². The molecule has 3 nitrogen and oxygen atoms in total. The van der Waals surface area contributed by atoms with Crippen LogP contribution in [0.3, 0.4) is 0 Å². The molecule has 0 aliphatic heterocycles. The van der Waals surface area contributed by atoms with E-state index in [1.165, 1.54) is 4.90 Å². The summed E-state index contributed by atoms with van der Waals surface area (Å²) < 4.78 is 0. The molecule has 98 valence electrons. The first kappa shape index (κ1) is 13.8. The number of rotatable bonds is 4. The van der Waals surface area contributed by atoms with Gasteiger partial charge in [-0.2, -0.15) is 0 Å². The summed E-state index contributed by atoms with van der Waals surface area (Å²) in [6.45, 7) is 1.94. The summed E-state index contributed by atoms with van der Waals surface area (Å²) in [5.74, 6) is 0.699. The van der Waals surface area contributed by atoms with E-state index >= 15 is 0 Å². The second-order valence-electron chi connectivity index (χ2n) is 4.07. The van der Waals surface area contributed by atoms with Crippen molar-refractivity contribution in [3.63, 3.8) is 0 Å². The summed E-state index contributed by atoms with van der Waals surface area (Å²) in [5.41, 5.74) is 8.36. The lowest BCUT2D eigenvalue weighted by atomic mass is 10.2. The first-order valence-corrected chi connectivity index (χ1v) is 7.42. The number of hydrogen-bond acceptors (Lipinski definition) is 4. The van der Waals surface area contributed by atoms with E-state index in [0.29, 0.717) is 10.8 Å². The Morgan fingerprint density at radius 2 is 1.89 bits per heavy atom. The lowest BCUT2D eigenvalue weighted by Gasteiger charge is -2.11. The van der Waals surface area contributed by atoms with E-state index in [4.69, 9.17) is 18.0 Å². The number of benzene rings is 1. The predicted molar refractivity (Wildman–Crippen MR) is 86.4 cm³/mol. The molecular weight excluding hydrogens is 274 g/mol.